The number of rotatable bonds is 6. The number of nitrogens with two attached hydrogens (primary N) is 1. The molecule has 21 heavy (non-hydrogen) atoms. The van der Waals surface area contributed by atoms with Crippen molar-refractivity contribution in [2.45, 2.75) is 84.5 Å². The second kappa shape index (κ2) is 9.42. The third kappa shape index (κ3) is 6.35. The van der Waals surface area contributed by atoms with Gasteiger partial charge in [-0.3, -0.25) is 4.79 Å². The Balaban J connectivity index is 2.78. The average molecular weight is 299 g/mol. The molecule has 1 heterocycles. The summed E-state index contributed by atoms with van der Waals surface area (Å²) in [5, 5.41) is 0. The lowest BCUT2D eigenvalue weighted by atomic mass is 9.86. The van der Waals surface area contributed by atoms with E-state index in [9.17, 15) is 4.79 Å². The minimum Gasteiger partial charge on any atom is -0.459 e. The first-order chi connectivity index (χ1) is 9.95. The van der Waals surface area contributed by atoms with Crippen molar-refractivity contribution >= 4 is 5.97 Å². The van der Waals surface area contributed by atoms with Gasteiger partial charge in [0.1, 0.15) is 12.1 Å². The second-order valence-electron chi connectivity index (χ2n) is 6.75. The van der Waals surface area contributed by atoms with Gasteiger partial charge in [0.05, 0.1) is 6.10 Å². The number of carbonyl (C=O) groups is 1. The minimum absolute atomic E-state index is 0.00190. The standard InChI is InChI=1S/C17H33NO3/c1-5-11-20-16-13(4)21-17(19)15(18)8-6-7-14(16)10-9-12(2)3/h12-16H,5-11,18H2,1-4H3. The molecule has 0 saturated carbocycles. The predicted octanol–water partition coefficient (Wildman–Crippen LogP) is 3.28. The van der Waals surface area contributed by atoms with Crippen LogP contribution in [-0.2, 0) is 14.3 Å². The molecule has 4 atom stereocenters. The molecular formula is C17H33NO3. The zero-order valence-corrected chi connectivity index (χ0v) is 14.1. The summed E-state index contributed by atoms with van der Waals surface area (Å²) in [7, 11) is 0. The van der Waals surface area contributed by atoms with Crippen LogP contribution in [0.2, 0.25) is 0 Å². The Morgan fingerprint density at radius 3 is 2.71 bits per heavy atom. The molecule has 0 radical (unpaired) electrons. The summed E-state index contributed by atoms with van der Waals surface area (Å²) < 4.78 is 11.6. The van der Waals surface area contributed by atoms with Crippen LogP contribution in [0.25, 0.3) is 0 Å². The maximum atomic E-state index is 11.9. The van der Waals surface area contributed by atoms with Crippen LogP contribution in [0.3, 0.4) is 0 Å². The SMILES string of the molecule is CCCOC1C(CCC(C)C)CCCC(N)C(=O)OC1C. The molecule has 124 valence electrons. The van der Waals surface area contributed by atoms with E-state index < -0.39 is 6.04 Å². The molecule has 1 saturated heterocycles. The number of esters is 1. The first kappa shape index (κ1) is 18.4. The summed E-state index contributed by atoms with van der Waals surface area (Å²) in [5.41, 5.74) is 5.88. The minimum atomic E-state index is -0.483. The van der Waals surface area contributed by atoms with Crippen molar-refractivity contribution in [3.8, 4) is 0 Å². The Bertz CT molecular complexity index is 306. The van der Waals surface area contributed by atoms with Gasteiger partial charge in [0.25, 0.3) is 0 Å². The third-order valence-corrected chi connectivity index (χ3v) is 4.25. The molecule has 4 heteroatoms. The van der Waals surface area contributed by atoms with E-state index in [1.54, 1.807) is 0 Å². The van der Waals surface area contributed by atoms with E-state index in [2.05, 4.69) is 20.8 Å². The van der Waals surface area contributed by atoms with Crippen LogP contribution >= 0.6 is 0 Å². The van der Waals surface area contributed by atoms with E-state index in [1.165, 1.54) is 6.42 Å². The molecule has 4 nitrogen and oxygen atoms in total. The summed E-state index contributed by atoms with van der Waals surface area (Å²) in [6.07, 6.45) is 5.82. The molecule has 2 N–H and O–H groups in total. The van der Waals surface area contributed by atoms with Gasteiger partial charge in [0.2, 0.25) is 0 Å². The van der Waals surface area contributed by atoms with Crippen LogP contribution < -0.4 is 5.73 Å². The van der Waals surface area contributed by atoms with E-state index >= 15 is 0 Å². The monoisotopic (exact) mass is 299 g/mol. The Hall–Kier alpha value is -0.610. The quantitative estimate of drug-likeness (QED) is 0.765. The lowest BCUT2D eigenvalue weighted by Crippen LogP contribution is -2.40. The number of hydrogen-bond donors (Lipinski definition) is 1. The van der Waals surface area contributed by atoms with Gasteiger partial charge >= 0.3 is 5.97 Å². The third-order valence-electron chi connectivity index (χ3n) is 4.25. The van der Waals surface area contributed by atoms with Gasteiger partial charge in [-0.2, -0.15) is 0 Å². The zero-order valence-electron chi connectivity index (χ0n) is 14.1. The van der Waals surface area contributed by atoms with E-state index in [1.807, 2.05) is 6.92 Å². The number of carbonyl (C=O) groups excluding carboxylic acids is 1. The number of ether oxygens (including phenoxy) is 2. The Kier molecular flexibility index (Phi) is 8.27. The van der Waals surface area contributed by atoms with Crippen molar-refractivity contribution in [1.29, 1.82) is 0 Å². The van der Waals surface area contributed by atoms with E-state index in [-0.39, 0.29) is 18.2 Å². The molecule has 0 aromatic heterocycles. The van der Waals surface area contributed by atoms with Crippen LogP contribution in [0.1, 0.15) is 66.2 Å². The van der Waals surface area contributed by atoms with E-state index in [4.69, 9.17) is 15.2 Å². The van der Waals surface area contributed by atoms with Crippen LogP contribution in [-0.4, -0.2) is 30.8 Å². The average Bonchev–Trinajstić information content (AvgIpc) is 2.47. The molecule has 1 rings (SSSR count). The summed E-state index contributed by atoms with van der Waals surface area (Å²) in [5.74, 6) is 0.855. The van der Waals surface area contributed by atoms with Gasteiger partial charge in [-0.05, 0) is 44.4 Å². The molecule has 0 spiro atoms. The molecule has 0 aliphatic carbocycles. The van der Waals surface area contributed by atoms with Crippen molar-refractivity contribution in [3.63, 3.8) is 0 Å². The summed E-state index contributed by atoms with van der Waals surface area (Å²) in [4.78, 5) is 11.9. The van der Waals surface area contributed by atoms with Crippen LogP contribution in [0.15, 0.2) is 0 Å². The fourth-order valence-corrected chi connectivity index (χ4v) is 2.98. The van der Waals surface area contributed by atoms with Gasteiger partial charge in [-0.25, -0.2) is 0 Å². The maximum absolute atomic E-state index is 11.9. The molecule has 0 aromatic rings. The van der Waals surface area contributed by atoms with Crippen molar-refractivity contribution in [3.05, 3.63) is 0 Å². The van der Waals surface area contributed by atoms with Crippen LogP contribution in [0.4, 0.5) is 0 Å². The largest absolute Gasteiger partial charge is 0.459 e. The lowest BCUT2D eigenvalue weighted by Gasteiger charge is -2.31. The van der Waals surface area contributed by atoms with Crippen molar-refractivity contribution in [2.75, 3.05) is 6.61 Å². The summed E-state index contributed by atoms with van der Waals surface area (Å²) >= 11 is 0. The fraction of sp³-hybridized carbons (Fsp3) is 0.941. The molecule has 1 aliphatic heterocycles. The van der Waals surface area contributed by atoms with E-state index in [0.717, 1.165) is 32.3 Å². The van der Waals surface area contributed by atoms with Crippen molar-refractivity contribution in [1.82, 2.24) is 0 Å². The molecular weight excluding hydrogens is 266 g/mol. The topological polar surface area (TPSA) is 61.5 Å². The van der Waals surface area contributed by atoms with Gasteiger partial charge < -0.3 is 15.2 Å². The van der Waals surface area contributed by atoms with Crippen LogP contribution in [0, 0.1) is 11.8 Å². The Labute approximate surface area is 129 Å². The normalized spacial score (nSPS) is 31.4. The fourth-order valence-electron chi connectivity index (χ4n) is 2.98. The second-order valence-corrected chi connectivity index (χ2v) is 6.75. The van der Waals surface area contributed by atoms with Gasteiger partial charge in [-0.15, -0.1) is 0 Å². The summed E-state index contributed by atoms with van der Waals surface area (Å²) in [6.45, 7) is 9.26. The highest BCUT2D eigenvalue weighted by molar-refractivity contribution is 5.75. The highest BCUT2D eigenvalue weighted by Gasteiger charge is 2.33. The summed E-state index contributed by atoms with van der Waals surface area (Å²) in [6, 6.07) is -0.483. The van der Waals surface area contributed by atoms with E-state index in [0.29, 0.717) is 18.3 Å². The first-order valence-electron chi connectivity index (χ1n) is 8.53. The van der Waals surface area contributed by atoms with Crippen molar-refractivity contribution < 1.29 is 14.3 Å². The van der Waals surface area contributed by atoms with Crippen LogP contribution in [0.5, 0.6) is 0 Å². The molecule has 1 aliphatic rings. The maximum Gasteiger partial charge on any atom is 0.323 e. The van der Waals surface area contributed by atoms with Gasteiger partial charge in [-0.1, -0.05) is 33.6 Å². The molecule has 0 bridgehead atoms. The van der Waals surface area contributed by atoms with Gasteiger partial charge in [0.15, 0.2) is 0 Å². The molecule has 0 aromatic carbocycles. The smallest absolute Gasteiger partial charge is 0.323 e. The molecule has 4 unspecified atom stereocenters. The lowest BCUT2D eigenvalue weighted by molar-refractivity contribution is -0.160. The Morgan fingerprint density at radius 1 is 1.38 bits per heavy atom. The number of hydrogen-bond acceptors (Lipinski definition) is 4. The first-order valence-corrected chi connectivity index (χ1v) is 8.53. The highest BCUT2D eigenvalue weighted by atomic mass is 16.6. The molecule has 1 fully saturated rings. The highest BCUT2D eigenvalue weighted by Crippen LogP contribution is 2.28. The Morgan fingerprint density at radius 2 is 2.10 bits per heavy atom. The molecule has 0 amide bonds. The number of cyclic esters (lactones) is 1. The zero-order chi connectivity index (χ0) is 15.8. The van der Waals surface area contributed by atoms with Crippen molar-refractivity contribution in [2.24, 2.45) is 17.6 Å². The van der Waals surface area contributed by atoms with Gasteiger partial charge in [0, 0.05) is 6.61 Å². The predicted molar refractivity (Wildman–Crippen MR) is 85.0 cm³/mol.